The third kappa shape index (κ3) is 3.72. The van der Waals surface area contributed by atoms with Gasteiger partial charge in [-0.25, -0.2) is 0 Å². The highest BCUT2D eigenvalue weighted by Gasteiger charge is 2.31. The number of hydrogen-bond acceptors (Lipinski definition) is 3. The Hall–Kier alpha value is -0.0900. The van der Waals surface area contributed by atoms with Gasteiger partial charge >= 0.3 is 0 Å². The topological polar surface area (TPSA) is 29.3 Å². The monoisotopic (exact) mass is 300 g/mol. The molecule has 1 saturated heterocycles. The molecule has 4 heteroatoms. The van der Waals surface area contributed by atoms with Crippen molar-refractivity contribution in [1.29, 1.82) is 0 Å². The average molecular weight is 301 g/mol. The molecule has 1 unspecified atom stereocenters. The molecule has 0 saturated carbocycles. The van der Waals surface area contributed by atoms with Gasteiger partial charge in [0.25, 0.3) is 0 Å². The minimum absolute atomic E-state index is 0.346. The first kappa shape index (κ1) is 15.3. The SMILES string of the molecule is CC(C)(C)C1CCN(C(CN)c2cc(Cl)cs2)CC1. The minimum atomic E-state index is 0.346. The zero-order chi connectivity index (χ0) is 14.0. The van der Waals surface area contributed by atoms with E-state index in [0.29, 0.717) is 18.0 Å². The van der Waals surface area contributed by atoms with Crippen LogP contribution in [0.25, 0.3) is 0 Å². The van der Waals surface area contributed by atoms with E-state index in [4.69, 9.17) is 17.3 Å². The van der Waals surface area contributed by atoms with Crippen molar-refractivity contribution in [2.75, 3.05) is 19.6 Å². The molecular weight excluding hydrogens is 276 g/mol. The summed E-state index contributed by atoms with van der Waals surface area (Å²) in [5.74, 6) is 0.828. The molecule has 2 N–H and O–H groups in total. The zero-order valence-electron chi connectivity index (χ0n) is 12.2. The van der Waals surface area contributed by atoms with E-state index in [1.54, 1.807) is 11.3 Å². The number of halogens is 1. The molecule has 2 rings (SSSR count). The highest BCUT2D eigenvalue weighted by Crippen LogP contribution is 2.37. The Labute approximate surface area is 125 Å². The zero-order valence-corrected chi connectivity index (χ0v) is 13.7. The van der Waals surface area contributed by atoms with E-state index in [-0.39, 0.29) is 0 Å². The van der Waals surface area contributed by atoms with Crippen LogP contribution in [0.5, 0.6) is 0 Å². The summed E-state index contributed by atoms with van der Waals surface area (Å²) in [5.41, 5.74) is 6.41. The van der Waals surface area contributed by atoms with Crippen molar-refractivity contribution in [3.63, 3.8) is 0 Å². The molecule has 1 atom stereocenters. The maximum atomic E-state index is 6.03. The van der Waals surface area contributed by atoms with Crippen LogP contribution in [0.4, 0.5) is 0 Å². The molecule has 0 radical (unpaired) electrons. The molecule has 1 aromatic heterocycles. The standard InChI is InChI=1S/C15H25ClN2S/c1-15(2,3)11-4-6-18(7-5-11)13(9-17)14-8-12(16)10-19-14/h8,10-11,13H,4-7,9,17H2,1-3H3. The Bertz CT molecular complexity index is 403. The summed E-state index contributed by atoms with van der Waals surface area (Å²) < 4.78 is 0. The van der Waals surface area contributed by atoms with Gasteiger partial charge in [0.15, 0.2) is 0 Å². The van der Waals surface area contributed by atoms with Gasteiger partial charge in [-0.05, 0) is 43.3 Å². The number of likely N-dealkylation sites (tertiary alicyclic amines) is 1. The van der Waals surface area contributed by atoms with Gasteiger partial charge in [0, 0.05) is 16.8 Å². The second-order valence-electron chi connectivity index (χ2n) is 6.60. The summed E-state index contributed by atoms with van der Waals surface area (Å²) in [5, 5.41) is 2.84. The fourth-order valence-corrected chi connectivity index (χ4v) is 4.26. The second-order valence-corrected chi connectivity index (χ2v) is 7.97. The summed E-state index contributed by atoms with van der Waals surface area (Å²) in [6.07, 6.45) is 2.55. The number of piperidine rings is 1. The lowest BCUT2D eigenvalue weighted by molar-refractivity contribution is 0.0857. The molecule has 2 nitrogen and oxygen atoms in total. The molecule has 19 heavy (non-hydrogen) atoms. The highest BCUT2D eigenvalue weighted by atomic mass is 35.5. The van der Waals surface area contributed by atoms with Crippen molar-refractivity contribution >= 4 is 22.9 Å². The molecule has 1 fully saturated rings. The second kappa shape index (κ2) is 6.13. The third-order valence-electron chi connectivity index (χ3n) is 4.33. The molecule has 0 spiro atoms. The van der Waals surface area contributed by atoms with Crippen LogP contribution in [0.1, 0.15) is 44.5 Å². The van der Waals surface area contributed by atoms with Gasteiger partial charge in [-0.2, -0.15) is 0 Å². The number of nitrogens with two attached hydrogens (primary N) is 1. The molecule has 108 valence electrons. The maximum Gasteiger partial charge on any atom is 0.0564 e. The largest absolute Gasteiger partial charge is 0.329 e. The molecule has 0 bridgehead atoms. The molecule has 1 aromatic rings. The van der Waals surface area contributed by atoms with Gasteiger partial charge in [0.05, 0.1) is 11.1 Å². The summed E-state index contributed by atoms with van der Waals surface area (Å²) in [6.45, 7) is 10.0. The lowest BCUT2D eigenvalue weighted by atomic mass is 9.75. The predicted molar refractivity (Wildman–Crippen MR) is 84.9 cm³/mol. The van der Waals surface area contributed by atoms with Crippen LogP contribution in [-0.4, -0.2) is 24.5 Å². The first-order chi connectivity index (χ1) is 8.91. The Balaban J connectivity index is 1.99. The summed E-state index contributed by atoms with van der Waals surface area (Å²) in [6, 6.07) is 2.41. The molecule has 0 aliphatic carbocycles. The minimum Gasteiger partial charge on any atom is -0.329 e. The predicted octanol–water partition coefficient (Wildman–Crippen LogP) is 4.16. The first-order valence-corrected chi connectivity index (χ1v) is 8.35. The molecule has 1 aliphatic rings. The van der Waals surface area contributed by atoms with E-state index in [0.717, 1.165) is 24.0 Å². The van der Waals surface area contributed by atoms with Crippen LogP contribution < -0.4 is 5.73 Å². The smallest absolute Gasteiger partial charge is 0.0564 e. The molecule has 0 aromatic carbocycles. The van der Waals surface area contributed by atoms with Crippen LogP contribution in [-0.2, 0) is 0 Å². The molecular formula is C15H25ClN2S. The Morgan fingerprint density at radius 1 is 1.42 bits per heavy atom. The first-order valence-electron chi connectivity index (χ1n) is 7.10. The van der Waals surface area contributed by atoms with Gasteiger partial charge in [-0.3, -0.25) is 4.90 Å². The van der Waals surface area contributed by atoms with E-state index in [2.05, 4.69) is 31.7 Å². The number of thiophene rings is 1. The van der Waals surface area contributed by atoms with Gasteiger partial charge < -0.3 is 5.73 Å². The van der Waals surface area contributed by atoms with E-state index >= 15 is 0 Å². The average Bonchev–Trinajstić information content (AvgIpc) is 2.76. The van der Waals surface area contributed by atoms with Crippen LogP contribution in [0.15, 0.2) is 11.4 Å². The summed E-state index contributed by atoms with van der Waals surface area (Å²) >= 11 is 7.76. The van der Waals surface area contributed by atoms with Crippen molar-refractivity contribution in [1.82, 2.24) is 4.90 Å². The fourth-order valence-electron chi connectivity index (χ4n) is 3.03. The number of rotatable bonds is 3. The van der Waals surface area contributed by atoms with E-state index < -0.39 is 0 Å². The van der Waals surface area contributed by atoms with Crippen molar-refractivity contribution in [2.24, 2.45) is 17.1 Å². The van der Waals surface area contributed by atoms with Crippen LogP contribution in [0, 0.1) is 11.3 Å². The van der Waals surface area contributed by atoms with Crippen molar-refractivity contribution in [2.45, 2.75) is 39.7 Å². The van der Waals surface area contributed by atoms with Gasteiger partial charge in [0.2, 0.25) is 0 Å². The lowest BCUT2D eigenvalue weighted by Gasteiger charge is -2.41. The number of hydrogen-bond donors (Lipinski definition) is 1. The summed E-state index contributed by atoms with van der Waals surface area (Å²) in [4.78, 5) is 3.84. The number of nitrogens with zero attached hydrogens (tertiary/aromatic N) is 1. The quantitative estimate of drug-likeness (QED) is 0.908. The molecule has 0 amide bonds. The highest BCUT2D eigenvalue weighted by molar-refractivity contribution is 7.10. The van der Waals surface area contributed by atoms with E-state index in [9.17, 15) is 0 Å². The maximum absolute atomic E-state index is 6.03. The van der Waals surface area contributed by atoms with Crippen molar-refractivity contribution in [3.05, 3.63) is 21.3 Å². The van der Waals surface area contributed by atoms with Gasteiger partial charge in [0.1, 0.15) is 0 Å². The normalized spacial score (nSPS) is 20.7. The van der Waals surface area contributed by atoms with Crippen LogP contribution >= 0.6 is 22.9 Å². The third-order valence-corrected chi connectivity index (χ3v) is 5.72. The van der Waals surface area contributed by atoms with Gasteiger partial charge in [-0.15, -0.1) is 11.3 Å². The summed E-state index contributed by atoms with van der Waals surface area (Å²) in [7, 11) is 0. The Morgan fingerprint density at radius 2 is 2.05 bits per heavy atom. The Kier molecular flexibility index (Phi) is 4.93. The van der Waals surface area contributed by atoms with Crippen LogP contribution in [0.3, 0.4) is 0 Å². The Morgan fingerprint density at radius 3 is 2.47 bits per heavy atom. The van der Waals surface area contributed by atoms with Crippen LogP contribution in [0.2, 0.25) is 5.02 Å². The van der Waals surface area contributed by atoms with Gasteiger partial charge in [-0.1, -0.05) is 32.4 Å². The fraction of sp³-hybridized carbons (Fsp3) is 0.733. The van der Waals surface area contributed by atoms with Crippen molar-refractivity contribution < 1.29 is 0 Å². The van der Waals surface area contributed by atoms with Crippen molar-refractivity contribution in [3.8, 4) is 0 Å². The van der Waals surface area contributed by atoms with E-state index in [1.165, 1.54) is 17.7 Å². The lowest BCUT2D eigenvalue weighted by Crippen LogP contribution is -2.42. The molecule has 1 aliphatic heterocycles. The molecule has 2 heterocycles. The van der Waals surface area contributed by atoms with E-state index in [1.807, 2.05) is 5.38 Å².